The Kier molecular flexibility index (Phi) is 34.2. The Hall–Kier alpha value is -2.11. The maximum absolute atomic E-state index is 12.5. The zero-order chi connectivity index (χ0) is 39.4. The predicted molar refractivity (Wildman–Crippen MR) is 211 cm³/mol. The molecule has 4 N–H and O–H groups in total. The van der Waals surface area contributed by atoms with Gasteiger partial charge < -0.3 is 29.7 Å². The van der Waals surface area contributed by atoms with Crippen molar-refractivity contribution in [2.24, 2.45) is 5.92 Å². The molecule has 4 atom stereocenters. The Bertz CT molecular complexity index is 1060. The van der Waals surface area contributed by atoms with Gasteiger partial charge in [0.05, 0.1) is 25.9 Å². The molecule has 308 valence electrons. The number of rotatable bonds is 36. The molecule has 0 aromatic heterocycles. The first-order valence-electron chi connectivity index (χ1n) is 20.1. The Balaban J connectivity index is 4.48. The summed E-state index contributed by atoms with van der Waals surface area (Å²) in [5.41, 5.74) is 0. The second kappa shape index (κ2) is 35.6. The molecule has 53 heavy (non-hydrogen) atoms. The first-order chi connectivity index (χ1) is 25.5. The van der Waals surface area contributed by atoms with Crippen LogP contribution in [0.15, 0.2) is 48.6 Å². The number of carbonyl (C=O) groups excluding carboxylic acids is 2. The predicted octanol–water partition coefficient (Wildman–Crippen LogP) is 8.99. The highest BCUT2D eigenvalue weighted by atomic mass is 31.2. The molecule has 0 aromatic carbocycles. The van der Waals surface area contributed by atoms with Crippen molar-refractivity contribution in [3.05, 3.63) is 48.6 Å². The van der Waals surface area contributed by atoms with Gasteiger partial charge in [0, 0.05) is 12.8 Å². The highest BCUT2D eigenvalue weighted by Gasteiger charge is 2.27. The van der Waals surface area contributed by atoms with E-state index in [4.69, 9.17) is 19.1 Å². The molecule has 11 nitrogen and oxygen atoms in total. The number of phosphoric acid groups is 1. The van der Waals surface area contributed by atoms with Crippen molar-refractivity contribution >= 4 is 19.8 Å². The van der Waals surface area contributed by atoms with Crippen molar-refractivity contribution in [2.75, 3.05) is 26.4 Å². The van der Waals surface area contributed by atoms with Crippen LogP contribution in [-0.2, 0) is 32.7 Å². The number of unbranched alkanes of at least 4 members (excludes halogenated alkanes) is 11. The van der Waals surface area contributed by atoms with Gasteiger partial charge in [0.2, 0.25) is 0 Å². The molecule has 0 bridgehead atoms. The van der Waals surface area contributed by atoms with Crippen LogP contribution in [0.25, 0.3) is 0 Å². The van der Waals surface area contributed by atoms with Crippen LogP contribution in [0, 0.1) is 5.92 Å². The normalized spacial score (nSPS) is 15.2. The molecule has 0 fully saturated rings. The lowest BCUT2D eigenvalue weighted by Gasteiger charge is -2.20. The monoisotopic (exact) mass is 772 g/mol. The van der Waals surface area contributed by atoms with Crippen molar-refractivity contribution in [1.82, 2.24) is 0 Å². The topological polar surface area (TPSA) is 169 Å². The SMILES string of the molecule is CCCCC[C@@H](O)/C=C/C=C\C/C=C\C/C=C\CCCC(=O)OC[C@H](COP(=O)(O)OC[C@@H](O)CO)OC(=O)CCCCCCCCCCCC(C)C. The van der Waals surface area contributed by atoms with Gasteiger partial charge in [-0.15, -0.1) is 0 Å². The number of hydrogen-bond acceptors (Lipinski definition) is 10. The standard InChI is InChI=1S/C41H73O11P/c1-4-5-22-28-37(43)29-24-19-15-11-7-6-8-12-16-20-25-30-40(45)49-34-39(35-51-53(47,48)50-33-38(44)32-42)52-41(46)31-26-21-17-13-9-10-14-18-23-27-36(2)3/h6-7,12,15-16,19,24,29,36-39,42-44H,4-5,8-11,13-14,17-18,20-23,25-28,30-35H2,1-3H3,(H,47,48)/b7-6-,16-12-,19-15-,29-24+/t37-,38+,39-/m1/s1. The number of esters is 2. The average Bonchev–Trinajstić information content (AvgIpc) is 3.12. The molecule has 12 heteroatoms. The summed E-state index contributed by atoms with van der Waals surface area (Å²) in [6, 6.07) is 0. The Morgan fingerprint density at radius 3 is 1.92 bits per heavy atom. The Morgan fingerprint density at radius 2 is 1.26 bits per heavy atom. The second-order valence-corrected chi connectivity index (χ2v) is 15.4. The minimum atomic E-state index is -4.63. The van der Waals surface area contributed by atoms with Crippen LogP contribution >= 0.6 is 7.82 Å². The van der Waals surface area contributed by atoms with E-state index in [1.807, 2.05) is 36.5 Å². The third-order valence-corrected chi connectivity index (χ3v) is 9.22. The molecule has 0 saturated carbocycles. The summed E-state index contributed by atoms with van der Waals surface area (Å²) in [4.78, 5) is 34.8. The van der Waals surface area contributed by atoms with E-state index in [2.05, 4.69) is 37.4 Å². The summed E-state index contributed by atoms with van der Waals surface area (Å²) in [6.07, 6.45) is 31.4. The van der Waals surface area contributed by atoms with Gasteiger partial charge in [-0.2, -0.15) is 0 Å². The van der Waals surface area contributed by atoms with Crippen molar-refractivity contribution in [3.8, 4) is 0 Å². The zero-order valence-corrected chi connectivity index (χ0v) is 33.9. The molecule has 1 unspecified atom stereocenters. The minimum Gasteiger partial charge on any atom is -0.462 e. The maximum Gasteiger partial charge on any atom is 0.472 e. The van der Waals surface area contributed by atoms with Crippen LogP contribution in [0.3, 0.4) is 0 Å². The number of allylic oxidation sites excluding steroid dienone is 7. The lowest BCUT2D eigenvalue weighted by molar-refractivity contribution is -0.161. The zero-order valence-electron chi connectivity index (χ0n) is 33.0. The van der Waals surface area contributed by atoms with Crippen LogP contribution < -0.4 is 0 Å². The number of aliphatic hydroxyl groups excluding tert-OH is 3. The average molecular weight is 773 g/mol. The van der Waals surface area contributed by atoms with Crippen LogP contribution in [0.1, 0.15) is 149 Å². The minimum absolute atomic E-state index is 0.145. The highest BCUT2D eigenvalue weighted by molar-refractivity contribution is 7.47. The van der Waals surface area contributed by atoms with Gasteiger partial charge in [0.1, 0.15) is 12.7 Å². The lowest BCUT2D eigenvalue weighted by Crippen LogP contribution is -2.29. The largest absolute Gasteiger partial charge is 0.472 e. The summed E-state index contributed by atoms with van der Waals surface area (Å²) < 4.78 is 32.5. The molecule has 0 amide bonds. The van der Waals surface area contributed by atoms with E-state index >= 15 is 0 Å². The second-order valence-electron chi connectivity index (χ2n) is 14.0. The van der Waals surface area contributed by atoms with E-state index in [1.54, 1.807) is 0 Å². The quantitative estimate of drug-likeness (QED) is 0.0158. The van der Waals surface area contributed by atoms with Gasteiger partial charge in [-0.1, -0.05) is 146 Å². The molecule has 0 aliphatic carbocycles. The van der Waals surface area contributed by atoms with Crippen LogP contribution in [0.4, 0.5) is 0 Å². The molecule has 0 heterocycles. The van der Waals surface area contributed by atoms with Gasteiger partial charge in [-0.3, -0.25) is 18.6 Å². The van der Waals surface area contributed by atoms with Crippen LogP contribution in [0.2, 0.25) is 0 Å². The third-order valence-electron chi connectivity index (χ3n) is 8.27. The summed E-state index contributed by atoms with van der Waals surface area (Å²) in [7, 11) is -4.63. The summed E-state index contributed by atoms with van der Waals surface area (Å²) in [6.45, 7) is 4.44. The van der Waals surface area contributed by atoms with Gasteiger partial charge >= 0.3 is 19.8 Å². The highest BCUT2D eigenvalue weighted by Crippen LogP contribution is 2.43. The number of ether oxygens (including phenoxy) is 2. The molecule has 0 saturated heterocycles. The fraction of sp³-hybridized carbons (Fsp3) is 0.756. The van der Waals surface area contributed by atoms with Crippen molar-refractivity contribution < 1.29 is 52.9 Å². The lowest BCUT2D eigenvalue weighted by atomic mass is 10.0. The van der Waals surface area contributed by atoms with E-state index < -0.39 is 51.8 Å². The summed E-state index contributed by atoms with van der Waals surface area (Å²) in [5.74, 6) is -0.257. The Morgan fingerprint density at radius 1 is 0.679 bits per heavy atom. The number of aliphatic hydroxyl groups is 3. The van der Waals surface area contributed by atoms with Crippen molar-refractivity contribution in [2.45, 2.75) is 167 Å². The molecule has 0 aliphatic rings. The first-order valence-corrected chi connectivity index (χ1v) is 21.6. The van der Waals surface area contributed by atoms with Gasteiger partial charge in [0.15, 0.2) is 6.10 Å². The smallest absolute Gasteiger partial charge is 0.462 e. The molecule has 0 aliphatic heterocycles. The van der Waals surface area contributed by atoms with E-state index in [0.29, 0.717) is 19.3 Å². The number of hydrogen-bond donors (Lipinski definition) is 4. The van der Waals surface area contributed by atoms with Gasteiger partial charge in [-0.05, 0) is 44.4 Å². The van der Waals surface area contributed by atoms with Gasteiger partial charge in [-0.25, -0.2) is 4.57 Å². The molecular formula is C41H73O11P. The molecule has 0 rings (SSSR count). The van der Waals surface area contributed by atoms with E-state index in [-0.39, 0.29) is 25.6 Å². The molecule has 0 spiro atoms. The van der Waals surface area contributed by atoms with Crippen LogP contribution in [-0.4, -0.2) is 76.9 Å². The van der Waals surface area contributed by atoms with E-state index in [0.717, 1.165) is 63.7 Å². The fourth-order valence-corrected chi connectivity index (χ4v) is 5.89. The van der Waals surface area contributed by atoms with Gasteiger partial charge in [0.25, 0.3) is 0 Å². The molecule has 0 aromatic rings. The summed E-state index contributed by atoms with van der Waals surface area (Å²) >= 11 is 0. The molecular weight excluding hydrogens is 699 g/mol. The van der Waals surface area contributed by atoms with Crippen LogP contribution in [0.5, 0.6) is 0 Å². The Labute approximate surface area is 320 Å². The number of carbonyl (C=O) groups is 2. The van der Waals surface area contributed by atoms with Crippen molar-refractivity contribution in [3.63, 3.8) is 0 Å². The number of phosphoric ester groups is 1. The van der Waals surface area contributed by atoms with E-state index in [9.17, 15) is 29.3 Å². The fourth-order valence-electron chi connectivity index (χ4n) is 5.10. The molecule has 0 radical (unpaired) electrons. The van der Waals surface area contributed by atoms with Crippen molar-refractivity contribution in [1.29, 1.82) is 0 Å². The summed E-state index contributed by atoms with van der Waals surface area (Å²) in [5, 5.41) is 28.2. The maximum atomic E-state index is 12.5. The third kappa shape index (κ3) is 36.6. The van der Waals surface area contributed by atoms with E-state index in [1.165, 1.54) is 38.5 Å². The first kappa shape index (κ1) is 50.9.